The summed E-state index contributed by atoms with van der Waals surface area (Å²) in [5.74, 6) is 0. The zero-order valence-corrected chi connectivity index (χ0v) is 15.3. The molecule has 2 saturated heterocycles. The molecule has 8 heteroatoms. The van der Waals surface area contributed by atoms with Gasteiger partial charge >= 0.3 is 6.03 Å². The number of fused-ring (bicyclic) bond motifs is 1. The predicted molar refractivity (Wildman–Crippen MR) is 95.6 cm³/mol. The van der Waals surface area contributed by atoms with E-state index in [1.165, 1.54) is 0 Å². The summed E-state index contributed by atoms with van der Waals surface area (Å²) in [5, 5.41) is 14.6. The average Bonchev–Trinajstić information content (AvgIpc) is 2.91. The van der Waals surface area contributed by atoms with Crippen molar-refractivity contribution in [2.75, 3.05) is 45.9 Å². The van der Waals surface area contributed by atoms with Crippen molar-refractivity contribution in [3.05, 3.63) is 17.5 Å². The zero-order chi connectivity index (χ0) is 17.9. The SMILES string of the molecule is O=C(N1CCOCC1)N1CCCn2nc(CN3CCC[C@H](O)C3)cc2C1. The third kappa shape index (κ3) is 4.02. The van der Waals surface area contributed by atoms with Gasteiger partial charge in [-0.15, -0.1) is 0 Å². The van der Waals surface area contributed by atoms with E-state index >= 15 is 0 Å². The van der Waals surface area contributed by atoms with E-state index in [4.69, 9.17) is 9.84 Å². The molecule has 26 heavy (non-hydrogen) atoms. The van der Waals surface area contributed by atoms with Crippen LogP contribution in [0.25, 0.3) is 0 Å². The van der Waals surface area contributed by atoms with E-state index in [1.807, 2.05) is 9.80 Å². The third-order valence-electron chi connectivity index (χ3n) is 5.48. The maximum absolute atomic E-state index is 12.8. The highest BCUT2D eigenvalue weighted by atomic mass is 16.5. The number of urea groups is 1. The molecule has 144 valence electrons. The number of ether oxygens (including phenoxy) is 1. The lowest BCUT2D eigenvalue weighted by Crippen LogP contribution is -2.48. The van der Waals surface area contributed by atoms with Crippen LogP contribution in [0.4, 0.5) is 4.79 Å². The first-order chi connectivity index (χ1) is 12.7. The van der Waals surface area contributed by atoms with Crippen molar-refractivity contribution in [3.63, 3.8) is 0 Å². The van der Waals surface area contributed by atoms with Gasteiger partial charge in [0.05, 0.1) is 37.3 Å². The van der Waals surface area contributed by atoms with Crippen molar-refractivity contribution < 1.29 is 14.6 Å². The van der Waals surface area contributed by atoms with Crippen molar-refractivity contribution in [1.82, 2.24) is 24.5 Å². The minimum atomic E-state index is -0.217. The van der Waals surface area contributed by atoms with Crippen LogP contribution in [0, 0.1) is 0 Å². The van der Waals surface area contributed by atoms with E-state index in [-0.39, 0.29) is 12.1 Å². The van der Waals surface area contributed by atoms with Crippen LogP contribution in [-0.4, -0.2) is 87.7 Å². The lowest BCUT2D eigenvalue weighted by atomic mass is 10.1. The van der Waals surface area contributed by atoms with E-state index in [1.54, 1.807) is 0 Å². The maximum Gasteiger partial charge on any atom is 0.320 e. The van der Waals surface area contributed by atoms with Gasteiger partial charge in [-0.25, -0.2) is 4.79 Å². The highest BCUT2D eigenvalue weighted by molar-refractivity contribution is 5.74. The Morgan fingerprint density at radius 1 is 1.15 bits per heavy atom. The Labute approximate surface area is 154 Å². The van der Waals surface area contributed by atoms with E-state index in [0.29, 0.717) is 32.8 Å². The van der Waals surface area contributed by atoms with Crippen LogP contribution in [0.2, 0.25) is 0 Å². The quantitative estimate of drug-likeness (QED) is 0.828. The minimum absolute atomic E-state index is 0.114. The molecule has 8 nitrogen and oxygen atoms in total. The normalized spacial score (nSPS) is 25.0. The van der Waals surface area contributed by atoms with E-state index in [0.717, 1.165) is 63.4 Å². The van der Waals surface area contributed by atoms with Crippen LogP contribution >= 0.6 is 0 Å². The zero-order valence-electron chi connectivity index (χ0n) is 15.3. The van der Waals surface area contributed by atoms with Gasteiger partial charge in [0.25, 0.3) is 0 Å². The second-order valence-electron chi connectivity index (χ2n) is 7.54. The minimum Gasteiger partial charge on any atom is -0.392 e. The lowest BCUT2D eigenvalue weighted by Gasteiger charge is -2.32. The lowest BCUT2D eigenvalue weighted by molar-refractivity contribution is 0.0427. The van der Waals surface area contributed by atoms with Crippen LogP contribution in [-0.2, 0) is 24.4 Å². The molecule has 1 aromatic rings. The highest BCUT2D eigenvalue weighted by Crippen LogP contribution is 2.18. The fourth-order valence-electron chi connectivity index (χ4n) is 4.12. The number of rotatable bonds is 2. The number of carbonyl (C=O) groups is 1. The summed E-state index contributed by atoms with van der Waals surface area (Å²) in [6.45, 7) is 7.37. The summed E-state index contributed by atoms with van der Waals surface area (Å²) in [4.78, 5) is 18.9. The number of piperidine rings is 1. The number of hydrogen-bond donors (Lipinski definition) is 1. The van der Waals surface area contributed by atoms with Gasteiger partial charge in [-0.2, -0.15) is 5.10 Å². The molecule has 4 heterocycles. The Balaban J connectivity index is 1.41. The van der Waals surface area contributed by atoms with Crippen LogP contribution in [0.5, 0.6) is 0 Å². The Morgan fingerprint density at radius 3 is 2.81 bits per heavy atom. The molecule has 1 aromatic heterocycles. The Kier molecular flexibility index (Phi) is 5.42. The summed E-state index contributed by atoms with van der Waals surface area (Å²) in [6, 6.07) is 2.25. The standard InChI is InChI=1S/C18H29N5O3/c24-17-3-1-4-20(14-17)12-15-11-16-13-22(5-2-6-23(16)19-15)18(25)21-7-9-26-10-8-21/h11,17,24H,1-10,12-14H2/t17-/m0/s1. The number of hydrogen-bond acceptors (Lipinski definition) is 5. The molecule has 3 aliphatic rings. The van der Waals surface area contributed by atoms with Gasteiger partial charge in [0, 0.05) is 39.3 Å². The first-order valence-electron chi connectivity index (χ1n) is 9.76. The average molecular weight is 363 g/mol. The molecule has 0 unspecified atom stereocenters. The molecule has 0 spiro atoms. The summed E-state index contributed by atoms with van der Waals surface area (Å²) in [6.07, 6.45) is 2.64. The smallest absolute Gasteiger partial charge is 0.320 e. The maximum atomic E-state index is 12.8. The van der Waals surface area contributed by atoms with E-state index in [9.17, 15) is 9.90 Å². The molecule has 0 aromatic carbocycles. The van der Waals surface area contributed by atoms with Crippen molar-refractivity contribution in [2.45, 2.75) is 45.0 Å². The first kappa shape index (κ1) is 17.8. The number of aliphatic hydroxyl groups is 1. The summed E-state index contributed by atoms with van der Waals surface area (Å²) < 4.78 is 7.41. The monoisotopic (exact) mass is 363 g/mol. The topological polar surface area (TPSA) is 74.1 Å². The number of β-amino-alcohol motifs (C(OH)–C–C–N with tert-alkyl or cyclic N) is 1. The number of morpholine rings is 1. The second-order valence-corrected chi connectivity index (χ2v) is 7.54. The summed E-state index contributed by atoms with van der Waals surface area (Å²) in [5.41, 5.74) is 2.14. The summed E-state index contributed by atoms with van der Waals surface area (Å²) in [7, 11) is 0. The fraction of sp³-hybridized carbons (Fsp3) is 0.778. The fourth-order valence-corrected chi connectivity index (χ4v) is 4.12. The molecule has 4 rings (SSSR count). The van der Waals surface area contributed by atoms with Crippen molar-refractivity contribution in [3.8, 4) is 0 Å². The van der Waals surface area contributed by atoms with Gasteiger partial charge in [-0.3, -0.25) is 9.58 Å². The molecule has 0 bridgehead atoms. The molecule has 1 atom stereocenters. The second kappa shape index (κ2) is 7.94. The molecule has 0 saturated carbocycles. The molecule has 1 N–H and O–H groups in total. The largest absolute Gasteiger partial charge is 0.392 e. The van der Waals surface area contributed by atoms with Crippen LogP contribution < -0.4 is 0 Å². The van der Waals surface area contributed by atoms with Gasteiger partial charge < -0.3 is 19.6 Å². The number of aryl methyl sites for hydroxylation is 1. The number of amides is 2. The Hall–Kier alpha value is -1.64. The van der Waals surface area contributed by atoms with Crippen molar-refractivity contribution >= 4 is 6.03 Å². The number of aliphatic hydroxyl groups excluding tert-OH is 1. The number of nitrogens with zero attached hydrogens (tertiary/aromatic N) is 5. The molecule has 0 radical (unpaired) electrons. The molecule has 2 amide bonds. The van der Waals surface area contributed by atoms with Crippen molar-refractivity contribution in [1.29, 1.82) is 0 Å². The Morgan fingerprint density at radius 2 is 2.00 bits per heavy atom. The van der Waals surface area contributed by atoms with Crippen molar-refractivity contribution in [2.24, 2.45) is 0 Å². The predicted octanol–water partition coefficient (Wildman–Crippen LogP) is 0.498. The van der Waals surface area contributed by atoms with Crippen LogP contribution in [0.1, 0.15) is 30.7 Å². The summed E-state index contributed by atoms with van der Waals surface area (Å²) >= 11 is 0. The van der Waals surface area contributed by atoms with Gasteiger partial charge in [-0.05, 0) is 31.9 Å². The number of carbonyl (C=O) groups excluding carboxylic acids is 1. The molecular formula is C18H29N5O3. The van der Waals surface area contributed by atoms with Gasteiger partial charge in [0.15, 0.2) is 0 Å². The Bertz CT molecular complexity index is 628. The van der Waals surface area contributed by atoms with Gasteiger partial charge in [0.1, 0.15) is 0 Å². The molecule has 2 fully saturated rings. The van der Waals surface area contributed by atoms with Gasteiger partial charge in [-0.1, -0.05) is 0 Å². The molecule has 3 aliphatic heterocycles. The number of aromatic nitrogens is 2. The first-order valence-corrected chi connectivity index (χ1v) is 9.76. The third-order valence-corrected chi connectivity index (χ3v) is 5.48. The molecule has 0 aliphatic carbocycles. The highest BCUT2D eigenvalue weighted by Gasteiger charge is 2.26. The van der Waals surface area contributed by atoms with Crippen LogP contribution in [0.3, 0.4) is 0 Å². The van der Waals surface area contributed by atoms with E-state index < -0.39 is 0 Å². The van der Waals surface area contributed by atoms with E-state index in [2.05, 4.69) is 15.6 Å². The van der Waals surface area contributed by atoms with Crippen LogP contribution in [0.15, 0.2) is 6.07 Å². The molecular weight excluding hydrogens is 334 g/mol. The van der Waals surface area contributed by atoms with Gasteiger partial charge in [0.2, 0.25) is 0 Å². The number of likely N-dealkylation sites (tertiary alicyclic amines) is 1.